The Kier molecular flexibility index (Phi) is 12.0. The lowest BCUT2D eigenvalue weighted by Crippen LogP contribution is -2.28. The third-order valence-corrected chi connectivity index (χ3v) is 3.53. The van der Waals surface area contributed by atoms with Crippen LogP contribution in [0, 0.1) is 0 Å². The number of halogens is 1. The molecule has 2 N–H and O–H groups in total. The number of carboxylic acid groups (broad SMARTS) is 1. The van der Waals surface area contributed by atoms with Crippen molar-refractivity contribution in [3.05, 3.63) is 0 Å². The van der Waals surface area contributed by atoms with E-state index >= 15 is 0 Å². The van der Waals surface area contributed by atoms with Gasteiger partial charge in [-0.3, -0.25) is 0 Å². The molecule has 1 atom stereocenters. The lowest BCUT2D eigenvalue weighted by molar-refractivity contribution is 0.193. The molecule has 102 valence electrons. The van der Waals surface area contributed by atoms with E-state index in [-0.39, 0.29) is 4.95 Å². The molecule has 17 heavy (non-hydrogen) atoms. The molecule has 0 aliphatic heterocycles. The minimum atomic E-state index is -0.956. The molecule has 0 aliphatic carbocycles. The number of hydrogen-bond donors (Lipinski definition) is 2. The van der Waals surface area contributed by atoms with E-state index in [0.717, 1.165) is 12.8 Å². The summed E-state index contributed by atoms with van der Waals surface area (Å²) in [6.45, 7) is 2.24. The van der Waals surface area contributed by atoms with Crippen molar-refractivity contribution in [1.29, 1.82) is 0 Å². The van der Waals surface area contributed by atoms with E-state index in [0.29, 0.717) is 0 Å². The first-order valence-corrected chi connectivity index (χ1v) is 7.72. The topological polar surface area (TPSA) is 49.3 Å². The van der Waals surface area contributed by atoms with E-state index in [1.54, 1.807) is 0 Å². The molecule has 0 aromatic carbocycles. The number of unbranched alkanes of at least 4 members (excludes halogenated alkanes) is 8. The third kappa shape index (κ3) is 13.7. The standard InChI is InChI=1S/C13H26BrNO2/c1-2-3-4-5-6-7-8-9-10-11-12(14)15-13(16)17/h12,15H,2-11H2,1H3,(H,16,17). The maximum Gasteiger partial charge on any atom is 0.405 e. The van der Waals surface area contributed by atoms with Crippen molar-refractivity contribution in [2.75, 3.05) is 0 Å². The van der Waals surface area contributed by atoms with Crippen LogP contribution >= 0.6 is 15.9 Å². The quantitative estimate of drug-likeness (QED) is 0.324. The summed E-state index contributed by atoms with van der Waals surface area (Å²) in [5.41, 5.74) is 0. The Balaban J connectivity index is 3.10. The maximum atomic E-state index is 10.3. The van der Waals surface area contributed by atoms with Crippen LogP contribution in [-0.2, 0) is 0 Å². The molecule has 3 nitrogen and oxygen atoms in total. The fraction of sp³-hybridized carbons (Fsp3) is 0.923. The van der Waals surface area contributed by atoms with E-state index in [9.17, 15) is 4.79 Å². The highest BCUT2D eigenvalue weighted by Gasteiger charge is 2.05. The third-order valence-electron chi connectivity index (χ3n) is 2.84. The summed E-state index contributed by atoms with van der Waals surface area (Å²) in [5.74, 6) is 0. The largest absolute Gasteiger partial charge is 0.465 e. The molecule has 0 aromatic heterocycles. The first-order valence-electron chi connectivity index (χ1n) is 6.80. The predicted molar refractivity (Wildman–Crippen MR) is 75.7 cm³/mol. The molecule has 0 radical (unpaired) electrons. The molecule has 1 amide bonds. The van der Waals surface area contributed by atoms with Crippen molar-refractivity contribution >= 4 is 22.0 Å². The Hall–Kier alpha value is -0.250. The van der Waals surface area contributed by atoms with E-state index in [4.69, 9.17) is 5.11 Å². The van der Waals surface area contributed by atoms with Crippen LogP contribution in [0.15, 0.2) is 0 Å². The Morgan fingerprint density at radius 1 is 1.06 bits per heavy atom. The van der Waals surface area contributed by atoms with Gasteiger partial charge in [-0.25, -0.2) is 4.79 Å². The zero-order chi connectivity index (χ0) is 12.9. The lowest BCUT2D eigenvalue weighted by Gasteiger charge is -2.08. The van der Waals surface area contributed by atoms with Crippen molar-refractivity contribution in [2.24, 2.45) is 0 Å². The summed E-state index contributed by atoms with van der Waals surface area (Å²) >= 11 is 3.30. The number of nitrogens with one attached hydrogen (secondary N) is 1. The molecule has 0 fully saturated rings. The van der Waals surface area contributed by atoms with Gasteiger partial charge >= 0.3 is 6.09 Å². The zero-order valence-electron chi connectivity index (χ0n) is 10.9. The number of rotatable bonds is 11. The second kappa shape index (κ2) is 12.2. The van der Waals surface area contributed by atoms with Crippen LogP contribution in [0.25, 0.3) is 0 Å². The molecule has 0 heterocycles. The molecule has 0 saturated heterocycles. The van der Waals surface area contributed by atoms with Gasteiger partial charge < -0.3 is 10.4 Å². The molecule has 0 aromatic rings. The van der Waals surface area contributed by atoms with Crippen molar-refractivity contribution in [1.82, 2.24) is 5.32 Å². The number of hydrogen-bond acceptors (Lipinski definition) is 1. The monoisotopic (exact) mass is 307 g/mol. The van der Waals surface area contributed by atoms with Crippen LogP contribution in [-0.4, -0.2) is 16.2 Å². The van der Waals surface area contributed by atoms with Gasteiger partial charge in [0, 0.05) is 0 Å². The molecule has 4 heteroatoms. The first-order chi connectivity index (χ1) is 8.16. The smallest absolute Gasteiger partial charge is 0.405 e. The SMILES string of the molecule is CCCCCCCCCCCC(Br)NC(=O)O. The van der Waals surface area contributed by atoms with Crippen molar-refractivity contribution in [2.45, 2.75) is 76.1 Å². The molecule has 0 aliphatic rings. The van der Waals surface area contributed by atoms with Gasteiger partial charge in [-0.05, 0) is 6.42 Å². The molecule has 0 rings (SSSR count). The molecular formula is C13H26BrNO2. The van der Waals surface area contributed by atoms with Crippen LogP contribution in [0.1, 0.15) is 71.1 Å². The number of amides is 1. The Morgan fingerprint density at radius 2 is 1.53 bits per heavy atom. The van der Waals surface area contributed by atoms with E-state index in [1.165, 1.54) is 51.4 Å². The highest BCUT2D eigenvalue weighted by molar-refractivity contribution is 9.09. The second-order valence-electron chi connectivity index (χ2n) is 4.53. The zero-order valence-corrected chi connectivity index (χ0v) is 12.5. The Bertz CT molecular complexity index is 188. The van der Waals surface area contributed by atoms with Crippen molar-refractivity contribution < 1.29 is 9.90 Å². The molecule has 0 bridgehead atoms. The first kappa shape index (κ1) is 16.8. The van der Waals surface area contributed by atoms with Gasteiger partial charge in [-0.1, -0.05) is 80.6 Å². The van der Waals surface area contributed by atoms with Gasteiger partial charge in [-0.15, -0.1) is 0 Å². The maximum absolute atomic E-state index is 10.3. The van der Waals surface area contributed by atoms with Crippen LogP contribution < -0.4 is 5.32 Å². The fourth-order valence-electron chi connectivity index (χ4n) is 1.84. The summed E-state index contributed by atoms with van der Waals surface area (Å²) in [6.07, 6.45) is 11.6. The normalized spacial score (nSPS) is 12.4. The molecule has 0 spiro atoms. The average molecular weight is 308 g/mol. The van der Waals surface area contributed by atoms with Gasteiger partial charge in [0.1, 0.15) is 0 Å². The van der Waals surface area contributed by atoms with Gasteiger partial charge in [-0.2, -0.15) is 0 Å². The van der Waals surface area contributed by atoms with E-state index in [2.05, 4.69) is 28.2 Å². The van der Waals surface area contributed by atoms with Crippen LogP contribution in [0.4, 0.5) is 4.79 Å². The average Bonchev–Trinajstić information content (AvgIpc) is 2.26. The number of alkyl halides is 1. The Labute approximate surface area is 113 Å². The van der Waals surface area contributed by atoms with Gasteiger partial charge in [0.2, 0.25) is 0 Å². The van der Waals surface area contributed by atoms with Crippen LogP contribution in [0.2, 0.25) is 0 Å². The lowest BCUT2D eigenvalue weighted by atomic mass is 10.1. The Morgan fingerprint density at radius 3 is 2.00 bits per heavy atom. The van der Waals surface area contributed by atoms with E-state index < -0.39 is 6.09 Å². The predicted octanol–water partition coefficient (Wildman–Crippen LogP) is 4.90. The minimum Gasteiger partial charge on any atom is -0.465 e. The molecule has 1 unspecified atom stereocenters. The summed E-state index contributed by atoms with van der Waals surface area (Å²) < 4.78 is 0. The van der Waals surface area contributed by atoms with Gasteiger partial charge in [0.15, 0.2) is 0 Å². The van der Waals surface area contributed by atoms with Crippen molar-refractivity contribution in [3.63, 3.8) is 0 Å². The summed E-state index contributed by atoms with van der Waals surface area (Å²) in [5, 5.41) is 10.9. The highest BCUT2D eigenvalue weighted by atomic mass is 79.9. The summed E-state index contributed by atoms with van der Waals surface area (Å²) in [6, 6.07) is 0. The minimum absolute atomic E-state index is 0.0930. The van der Waals surface area contributed by atoms with Crippen LogP contribution in [0.5, 0.6) is 0 Å². The van der Waals surface area contributed by atoms with Crippen molar-refractivity contribution in [3.8, 4) is 0 Å². The van der Waals surface area contributed by atoms with E-state index in [1.807, 2.05) is 0 Å². The number of carbonyl (C=O) groups is 1. The summed E-state index contributed by atoms with van der Waals surface area (Å²) in [4.78, 5) is 10.2. The van der Waals surface area contributed by atoms with Gasteiger partial charge in [0.25, 0.3) is 0 Å². The van der Waals surface area contributed by atoms with Crippen LogP contribution in [0.3, 0.4) is 0 Å². The fourth-order valence-corrected chi connectivity index (χ4v) is 2.36. The molecule has 0 saturated carbocycles. The molecular weight excluding hydrogens is 282 g/mol. The highest BCUT2D eigenvalue weighted by Crippen LogP contribution is 2.12. The second-order valence-corrected chi connectivity index (χ2v) is 5.64. The van der Waals surface area contributed by atoms with Gasteiger partial charge in [0.05, 0.1) is 4.95 Å². The summed E-state index contributed by atoms with van der Waals surface area (Å²) in [7, 11) is 0.